The number of benzene rings is 2. The number of hydrogen-bond donors (Lipinski definition) is 1. The van der Waals surface area contributed by atoms with Crippen LogP contribution in [0.4, 0.5) is 10.1 Å². The Balaban J connectivity index is 2.14. The van der Waals surface area contributed by atoms with Crippen LogP contribution in [0.2, 0.25) is 0 Å². The molecule has 0 atom stereocenters. The van der Waals surface area contributed by atoms with E-state index in [1.54, 1.807) is 12.1 Å². The van der Waals surface area contributed by atoms with Crippen molar-refractivity contribution in [1.82, 2.24) is 0 Å². The summed E-state index contributed by atoms with van der Waals surface area (Å²) in [6, 6.07) is 13.4. The molecule has 1 N–H and O–H groups in total. The molecule has 18 heavy (non-hydrogen) atoms. The highest BCUT2D eigenvalue weighted by molar-refractivity contribution is 6.04. The van der Waals surface area contributed by atoms with Crippen molar-refractivity contribution in [2.75, 3.05) is 5.32 Å². The van der Waals surface area contributed by atoms with Crippen LogP contribution in [0.25, 0.3) is 0 Å². The quantitative estimate of drug-likeness (QED) is 0.876. The summed E-state index contributed by atoms with van der Waals surface area (Å²) < 4.78 is 13.4. The van der Waals surface area contributed by atoms with Gasteiger partial charge in [0.05, 0.1) is 5.56 Å². The van der Waals surface area contributed by atoms with Crippen molar-refractivity contribution in [3.8, 4) is 0 Å². The number of halogens is 1. The number of anilines is 1. The molecule has 0 saturated carbocycles. The summed E-state index contributed by atoms with van der Waals surface area (Å²) in [7, 11) is 0. The normalized spacial score (nSPS) is 10.1. The Morgan fingerprint density at radius 3 is 2.39 bits per heavy atom. The van der Waals surface area contributed by atoms with Crippen LogP contribution in [-0.4, -0.2) is 5.91 Å². The molecule has 3 heteroatoms. The highest BCUT2D eigenvalue weighted by atomic mass is 19.1. The zero-order valence-electron chi connectivity index (χ0n) is 10.1. The van der Waals surface area contributed by atoms with Crippen molar-refractivity contribution in [3.05, 3.63) is 65.5 Å². The minimum Gasteiger partial charge on any atom is -0.322 e. The third kappa shape index (κ3) is 2.74. The van der Waals surface area contributed by atoms with Gasteiger partial charge in [-0.1, -0.05) is 31.2 Å². The molecule has 2 rings (SSSR count). The summed E-state index contributed by atoms with van der Waals surface area (Å²) in [5.41, 5.74) is 1.91. The SMILES string of the molecule is CCc1ccc(NC(=O)c2ccccc2F)cc1. The Hall–Kier alpha value is -2.16. The van der Waals surface area contributed by atoms with E-state index in [9.17, 15) is 9.18 Å². The highest BCUT2D eigenvalue weighted by Crippen LogP contribution is 2.13. The third-order valence-corrected chi connectivity index (χ3v) is 2.74. The van der Waals surface area contributed by atoms with Crippen LogP contribution in [0.3, 0.4) is 0 Å². The zero-order chi connectivity index (χ0) is 13.0. The van der Waals surface area contributed by atoms with Crippen LogP contribution in [0.1, 0.15) is 22.8 Å². The number of nitrogens with one attached hydrogen (secondary N) is 1. The molecule has 0 radical (unpaired) electrons. The molecule has 0 unspecified atom stereocenters. The van der Waals surface area contributed by atoms with Gasteiger partial charge in [-0.25, -0.2) is 4.39 Å². The second-order valence-corrected chi connectivity index (χ2v) is 3.98. The maximum Gasteiger partial charge on any atom is 0.258 e. The lowest BCUT2D eigenvalue weighted by Crippen LogP contribution is -2.13. The standard InChI is InChI=1S/C15H14FNO/c1-2-11-7-9-12(10-8-11)17-15(18)13-5-3-4-6-14(13)16/h3-10H,2H2,1H3,(H,17,18). The fourth-order valence-electron chi connectivity index (χ4n) is 1.67. The van der Waals surface area contributed by atoms with Crippen LogP contribution in [0.15, 0.2) is 48.5 Å². The number of hydrogen-bond acceptors (Lipinski definition) is 1. The lowest BCUT2D eigenvalue weighted by Gasteiger charge is -2.06. The maximum atomic E-state index is 13.4. The molecule has 2 aromatic rings. The highest BCUT2D eigenvalue weighted by Gasteiger charge is 2.10. The van der Waals surface area contributed by atoms with Gasteiger partial charge in [-0.05, 0) is 36.2 Å². The van der Waals surface area contributed by atoms with E-state index in [1.165, 1.54) is 17.7 Å². The largest absolute Gasteiger partial charge is 0.322 e. The van der Waals surface area contributed by atoms with Gasteiger partial charge < -0.3 is 5.32 Å². The number of carbonyl (C=O) groups excluding carboxylic acids is 1. The molecule has 0 bridgehead atoms. The molecule has 0 aliphatic heterocycles. The van der Waals surface area contributed by atoms with Gasteiger partial charge in [0.15, 0.2) is 0 Å². The third-order valence-electron chi connectivity index (χ3n) is 2.74. The van der Waals surface area contributed by atoms with E-state index in [2.05, 4.69) is 12.2 Å². The number of rotatable bonds is 3. The minimum absolute atomic E-state index is 0.0528. The van der Waals surface area contributed by atoms with Crippen LogP contribution in [0.5, 0.6) is 0 Å². The zero-order valence-corrected chi connectivity index (χ0v) is 10.1. The summed E-state index contributed by atoms with van der Waals surface area (Å²) in [6.07, 6.45) is 0.946. The van der Waals surface area contributed by atoms with Crippen molar-refractivity contribution in [2.45, 2.75) is 13.3 Å². The van der Waals surface area contributed by atoms with Gasteiger partial charge in [-0.2, -0.15) is 0 Å². The van der Waals surface area contributed by atoms with E-state index >= 15 is 0 Å². The van der Waals surface area contributed by atoms with Crippen molar-refractivity contribution >= 4 is 11.6 Å². The molecule has 1 amide bonds. The Labute approximate surface area is 105 Å². The molecule has 0 heterocycles. The average Bonchev–Trinajstić information content (AvgIpc) is 2.40. The van der Waals surface area contributed by atoms with E-state index in [-0.39, 0.29) is 5.56 Å². The van der Waals surface area contributed by atoms with Gasteiger partial charge in [0.1, 0.15) is 5.82 Å². The summed E-state index contributed by atoms with van der Waals surface area (Å²) in [5, 5.41) is 2.67. The summed E-state index contributed by atoms with van der Waals surface area (Å²) in [5.74, 6) is -0.947. The summed E-state index contributed by atoms with van der Waals surface area (Å²) in [4.78, 5) is 11.8. The van der Waals surface area contributed by atoms with E-state index in [4.69, 9.17) is 0 Å². The molecule has 0 spiro atoms. The smallest absolute Gasteiger partial charge is 0.258 e. The second kappa shape index (κ2) is 5.45. The Bertz CT molecular complexity index is 549. The van der Waals surface area contributed by atoms with Crippen molar-refractivity contribution in [2.24, 2.45) is 0 Å². The average molecular weight is 243 g/mol. The monoisotopic (exact) mass is 243 g/mol. The number of aryl methyl sites for hydroxylation is 1. The van der Waals surface area contributed by atoms with Crippen LogP contribution >= 0.6 is 0 Å². The van der Waals surface area contributed by atoms with Crippen molar-refractivity contribution in [3.63, 3.8) is 0 Å². The van der Waals surface area contributed by atoms with E-state index in [0.717, 1.165) is 6.42 Å². The molecule has 2 nitrogen and oxygen atoms in total. The topological polar surface area (TPSA) is 29.1 Å². The van der Waals surface area contributed by atoms with Gasteiger partial charge in [0.2, 0.25) is 0 Å². The van der Waals surface area contributed by atoms with Gasteiger partial charge in [0.25, 0.3) is 5.91 Å². The van der Waals surface area contributed by atoms with Crippen molar-refractivity contribution < 1.29 is 9.18 Å². The molecule has 0 aliphatic carbocycles. The molecule has 92 valence electrons. The predicted octanol–water partition coefficient (Wildman–Crippen LogP) is 3.64. The van der Waals surface area contributed by atoms with E-state index < -0.39 is 11.7 Å². The van der Waals surface area contributed by atoms with E-state index in [0.29, 0.717) is 5.69 Å². The number of carbonyl (C=O) groups is 1. The molecule has 0 aromatic heterocycles. The number of amides is 1. The van der Waals surface area contributed by atoms with Gasteiger partial charge in [0, 0.05) is 5.69 Å². The molecule has 0 aliphatic rings. The lowest BCUT2D eigenvalue weighted by molar-refractivity contribution is 0.102. The molecule has 0 saturated heterocycles. The first-order valence-electron chi connectivity index (χ1n) is 5.85. The molecular formula is C15H14FNO. The molecular weight excluding hydrogens is 229 g/mol. The first kappa shape index (κ1) is 12.3. The molecule has 2 aromatic carbocycles. The fraction of sp³-hybridized carbons (Fsp3) is 0.133. The minimum atomic E-state index is -0.514. The summed E-state index contributed by atoms with van der Waals surface area (Å²) >= 11 is 0. The molecule has 0 fully saturated rings. The van der Waals surface area contributed by atoms with Crippen LogP contribution in [-0.2, 0) is 6.42 Å². The maximum absolute atomic E-state index is 13.4. The first-order valence-corrected chi connectivity index (χ1v) is 5.85. The van der Waals surface area contributed by atoms with Gasteiger partial charge >= 0.3 is 0 Å². The Kier molecular flexibility index (Phi) is 3.72. The van der Waals surface area contributed by atoms with Gasteiger partial charge in [-0.3, -0.25) is 4.79 Å². The second-order valence-electron chi connectivity index (χ2n) is 3.98. The Morgan fingerprint density at radius 2 is 1.78 bits per heavy atom. The van der Waals surface area contributed by atoms with Crippen LogP contribution < -0.4 is 5.32 Å². The summed E-state index contributed by atoms with van der Waals surface area (Å²) in [6.45, 7) is 2.06. The predicted molar refractivity (Wildman–Crippen MR) is 70.2 cm³/mol. The first-order chi connectivity index (χ1) is 8.70. The Morgan fingerprint density at radius 1 is 1.11 bits per heavy atom. The van der Waals surface area contributed by atoms with Gasteiger partial charge in [-0.15, -0.1) is 0 Å². The van der Waals surface area contributed by atoms with Crippen LogP contribution in [0, 0.1) is 5.82 Å². The fourth-order valence-corrected chi connectivity index (χ4v) is 1.67. The van der Waals surface area contributed by atoms with Crippen molar-refractivity contribution in [1.29, 1.82) is 0 Å². The lowest BCUT2D eigenvalue weighted by atomic mass is 10.1. The van der Waals surface area contributed by atoms with E-state index in [1.807, 2.05) is 24.3 Å².